The molecular formula is C2H3BrClF3N2O2. The van der Waals surface area contributed by atoms with Gasteiger partial charge in [0.05, 0.1) is 0 Å². The van der Waals surface area contributed by atoms with Gasteiger partial charge in [0.15, 0.2) is 9.19 Å². The number of halogens is 5. The minimum absolute atomic E-state index is 0. The van der Waals surface area contributed by atoms with Gasteiger partial charge in [-0.05, 0) is 0 Å². The molecule has 0 aliphatic heterocycles. The van der Waals surface area contributed by atoms with E-state index in [1.54, 1.807) is 0 Å². The van der Waals surface area contributed by atoms with Gasteiger partial charge in [0.2, 0.25) is 0 Å². The zero-order chi connectivity index (χ0) is 8.78. The highest BCUT2D eigenvalue weighted by Crippen LogP contribution is 2.28. The van der Waals surface area contributed by atoms with E-state index in [1.165, 1.54) is 4.97 Å². The quantitative estimate of drug-likeness (QED) is 0.369. The van der Waals surface area contributed by atoms with Crippen molar-refractivity contribution in [1.82, 2.24) is 4.97 Å². The van der Waals surface area contributed by atoms with E-state index >= 15 is 0 Å². The molecule has 0 aliphatic carbocycles. The second-order valence-electron chi connectivity index (χ2n) is 0.924. The molecule has 0 rings (SSSR count). The molecule has 68 valence electrons. The van der Waals surface area contributed by atoms with Gasteiger partial charge in [-0.3, -0.25) is 5.53 Å². The van der Waals surface area contributed by atoms with Gasteiger partial charge in [0.1, 0.15) is 4.97 Å². The highest BCUT2D eigenvalue weighted by molar-refractivity contribution is 9.10. The maximum Gasteiger partial charge on any atom is 0.414 e. The molecule has 0 bridgehead atoms. The fourth-order valence-electron chi connectivity index (χ4n) is 0. The van der Waals surface area contributed by atoms with E-state index in [2.05, 4.69) is 27.5 Å². The molecule has 0 aromatic heterocycles. The third-order valence-corrected chi connectivity index (χ3v) is 1.01. The highest BCUT2D eigenvalue weighted by Gasteiger charge is 2.35. The summed E-state index contributed by atoms with van der Waals surface area (Å²) in [5.74, 6) is 0. The molecule has 9 heteroatoms. The van der Waals surface area contributed by atoms with Crippen molar-refractivity contribution in [3.63, 3.8) is 0 Å². The summed E-state index contributed by atoms with van der Waals surface area (Å²) >= 11 is 6.68. The van der Waals surface area contributed by atoms with Crippen molar-refractivity contribution in [2.24, 2.45) is 0 Å². The molecule has 1 atom stereocenters. The molecule has 0 aromatic rings. The first kappa shape index (κ1) is 17.1. The minimum Gasteiger partial charge on any atom is -0.412 e. The molecule has 0 saturated heterocycles. The summed E-state index contributed by atoms with van der Waals surface area (Å²) in [5.41, 5.74) is 6.64. The first-order valence-electron chi connectivity index (χ1n) is 1.67. The number of nitroso groups, excluding NO2 is 1. The van der Waals surface area contributed by atoms with Gasteiger partial charge >= 0.3 is 6.18 Å². The van der Waals surface area contributed by atoms with Crippen LogP contribution in [0.4, 0.5) is 13.2 Å². The fraction of sp³-hybridized carbons (Fsp3) is 1.00. The molecule has 0 radical (unpaired) electrons. The summed E-state index contributed by atoms with van der Waals surface area (Å²) in [5, 5.41) is 0. The third-order valence-electron chi connectivity index (χ3n) is 0.247. The van der Waals surface area contributed by atoms with Gasteiger partial charge in [-0.2, -0.15) is 13.2 Å². The Hall–Kier alpha value is -0.170. The molecule has 0 saturated carbocycles. The predicted octanol–water partition coefficient (Wildman–Crippen LogP) is 1.53. The summed E-state index contributed by atoms with van der Waals surface area (Å²) in [6, 6.07) is 0. The van der Waals surface area contributed by atoms with Crippen LogP contribution in [0.25, 0.3) is 5.53 Å². The maximum absolute atomic E-state index is 11.0. The Morgan fingerprint density at radius 2 is 1.64 bits per heavy atom. The lowest BCUT2D eigenvalue weighted by atomic mass is 10.8. The summed E-state index contributed by atoms with van der Waals surface area (Å²) in [4.78, 5) is 9.36. The minimum atomic E-state index is -4.32. The van der Waals surface area contributed by atoms with Gasteiger partial charge in [0.25, 0.3) is 0 Å². The van der Waals surface area contributed by atoms with E-state index in [9.17, 15) is 13.2 Å². The van der Waals surface area contributed by atoms with E-state index in [4.69, 9.17) is 10.4 Å². The van der Waals surface area contributed by atoms with Crippen LogP contribution >= 0.6 is 27.5 Å². The number of alkyl halides is 5. The molecule has 0 heterocycles. The van der Waals surface area contributed by atoms with Gasteiger partial charge in [-0.1, -0.05) is 15.9 Å². The summed E-state index contributed by atoms with van der Waals surface area (Å²) in [7, 11) is 0. The molecule has 0 aliphatic rings. The Labute approximate surface area is 72.6 Å². The van der Waals surface area contributed by atoms with Crippen molar-refractivity contribution < 1.29 is 18.6 Å². The first-order valence-corrected chi connectivity index (χ1v) is 3.03. The summed E-state index contributed by atoms with van der Waals surface area (Å²) in [6.07, 6.45) is -4.32. The maximum atomic E-state index is 11.0. The standard InChI is InChI=1S/C2HBrClF3.N2O.H2O/c3-1(4)2(5,6)7;1-2-3;/h1H;;1H2. The summed E-state index contributed by atoms with van der Waals surface area (Å²) in [6.45, 7) is 0. The van der Waals surface area contributed by atoms with Crippen LogP contribution in [0.5, 0.6) is 0 Å². The smallest absolute Gasteiger partial charge is 0.412 e. The van der Waals surface area contributed by atoms with E-state index in [0.717, 1.165) is 0 Å². The predicted molar refractivity (Wildman–Crippen MR) is 37.1 cm³/mol. The van der Waals surface area contributed by atoms with Crippen LogP contribution in [0.1, 0.15) is 0 Å². The van der Waals surface area contributed by atoms with Crippen LogP contribution in [0.15, 0.2) is 0 Å². The highest BCUT2D eigenvalue weighted by atomic mass is 79.9. The topological polar surface area (TPSA) is 85.0 Å². The Balaban J connectivity index is -0.000000140. The molecule has 4 nitrogen and oxygen atoms in total. The average Bonchev–Trinajstić information content (AvgIpc) is 1.64. The van der Waals surface area contributed by atoms with Crippen molar-refractivity contribution in [3.8, 4) is 0 Å². The van der Waals surface area contributed by atoms with Gasteiger partial charge in [-0.25, -0.2) is 0 Å². The van der Waals surface area contributed by atoms with Gasteiger partial charge in [-0.15, -0.1) is 11.6 Å². The molecular weight excluding hydrogens is 256 g/mol. The largest absolute Gasteiger partial charge is 0.414 e. The third kappa shape index (κ3) is 17.7. The Morgan fingerprint density at radius 1 is 1.55 bits per heavy atom. The van der Waals surface area contributed by atoms with E-state index in [0.29, 0.717) is 0 Å². The average molecular weight is 259 g/mol. The van der Waals surface area contributed by atoms with Crippen LogP contribution in [0.2, 0.25) is 0 Å². The lowest BCUT2D eigenvalue weighted by molar-refractivity contribution is -0.112. The molecule has 0 fully saturated rings. The van der Waals surface area contributed by atoms with Crippen molar-refractivity contribution in [1.29, 1.82) is 0 Å². The second kappa shape index (κ2) is 7.93. The lowest BCUT2D eigenvalue weighted by Gasteiger charge is -2.03. The SMILES string of the molecule is FC(F)(F)C(Cl)Br.O.[N-]=[N+]=O. The Morgan fingerprint density at radius 3 is 1.64 bits per heavy atom. The van der Waals surface area contributed by atoms with Crippen LogP contribution in [-0.4, -0.2) is 15.9 Å². The number of hydrogen-bond donors (Lipinski definition) is 0. The Kier molecular flexibility index (Phi) is 12.3. The number of rotatable bonds is 0. The van der Waals surface area contributed by atoms with Crippen molar-refractivity contribution >= 4 is 27.5 Å². The number of nitrogens with zero attached hydrogens (tertiary/aromatic N) is 2. The summed E-state index contributed by atoms with van der Waals surface area (Å²) < 4.78 is 31.1. The van der Waals surface area contributed by atoms with E-state index in [1.807, 2.05) is 0 Å². The fourth-order valence-corrected chi connectivity index (χ4v) is 0. The zero-order valence-corrected chi connectivity index (χ0v) is 7.11. The van der Waals surface area contributed by atoms with Crippen LogP contribution in [-0.2, 0) is 0 Å². The van der Waals surface area contributed by atoms with Crippen LogP contribution in [0, 0.1) is 4.91 Å². The molecule has 0 amide bonds. The normalized spacial score (nSPS) is 11.4. The lowest BCUT2D eigenvalue weighted by Crippen LogP contribution is -2.16. The van der Waals surface area contributed by atoms with Gasteiger partial charge in [0, 0.05) is 0 Å². The van der Waals surface area contributed by atoms with E-state index in [-0.39, 0.29) is 5.48 Å². The number of hydrogen-bond acceptors (Lipinski definition) is 1. The van der Waals surface area contributed by atoms with Gasteiger partial charge < -0.3 is 5.48 Å². The zero-order valence-electron chi connectivity index (χ0n) is 4.77. The van der Waals surface area contributed by atoms with Crippen molar-refractivity contribution in [3.05, 3.63) is 10.4 Å². The molecule has 0 spiro atoms. The van der Waals surface area contributed by atoms with Crippen LogP contribution in [0.3, 0.4) is 0 Å². The first-order chi connectivity index (χ1) is 4.36. The molecule has 0 aromatic carbocycles. The molecule has 11 heavy (non-hydrogen) atoms. The van der Waals surface area contributed by atoms with Crippen molar-refractivity contribution in [2.45, 2.75) is 10.5 Å². The van der Waals surface area contributed by atoms with Crippen LogP contribution < -0.4 is 4.97 Å². The molecule has 1 unspecified atom stereocenters. The van der Waals surface area contributed by atoms with E-state index < -0.39 is 10.5 Å². The molecule has 2 N–H and O–H groups in total. The van der Waals surface area contributed by atoms with Crippen molar-refractivity contribution in [2.75, 3.05) is 0 Å². The monoisotopic (exact) mass is 258 g/mol. The second-order valence-corrected chi connectivity index (χ2v) is 2.80. The Bertz CT molecular complexity index is 123.